The SMILES string of the molecule is C=C/C=C/C=C/Nc1ncc(-c2ccc(Cl)c(C(=O)N3CCN(CCN(C)C)CC3)c2)cc1C.CC/C=C(\C)O. The molecule has 8 heteroatoms. The molecule has 40 heavy (non-hydrogen) atoms. The molecule has 0 unspecified atom stereocenters. The molecule has 1 aromatic heterocycles. The van der Waals surface area contributed by atoms with Gasteiger partial charge in [-0.15, -0.1) is 0 Å². The number of halogens is 1. The van der Waals surface area contributed by atoms with E-state index in [9.17, 15) is 4.79 Å². The predicted octanol–water partition coefficient (Wildman–Crippen LogP) is 6.56. The molecule has 2 heterocycles. The number of aromatic nitrogens is 1. The average Bonchev–Trinajstić information content (AvgIpc) is 2.93. The Morgan fingerprint density at radius 3 is 2.45 bits per heavy atom. The van der Waals surface area contributed by atoms with Crippen LogP contribution < -0.4 is 5.32 Å². The lowest BCUT2D eigenvalue weighted by molar-refractivity contribution is 0.0630. The number of likely N-dealkylation sites (N-methyl/N-ethyl adjacent to an activating group) is 1. The first-order chi connectivity index (χ1) is 19.2. The first-order valence-corrected chi connectivity index (χ1v) is 14.0. The number of aliphatic hydroxyl groups excluding tert-OH is 1. The lowest BCUT2D eigenvalue weighted by Gasteiger charge is -2.35. The Morgan fingerprint density at radius 1 is 1.15 bits per heavy atom. The molecular formula is C32H44ClN5O2. The molecule has 1 saturated heterocycles. The summed E-state index contributed by atoms with van der Waals surface area (Å²) in [5.74, 6) is 1.18. The van der Waals surface area contributed by atoms with Crippen LogP contribution in [-0.2, 0) is 0 Å². The maximum absolute atomic E-state index is 13.3. The lowest BCUT2D eigenvalue weighted by Crippen LogP contribution is -2.50. The molecular weight excluding hydrogens is 522 g/mol. The Labute approximate surface area is 245 Å². The molecule has 2 N–H and O–H groups in total. The molecule has 0 aliphatic carbocycles. The average molecular weight is 566 g/mol. The molecule has 0 saturated carbocycles. The standard InChI is InChI=1S/C27H34ClN5O.C5H10O/c1-5-6-7-8-11-29-26-21(2)18-23(20-30-26)22-9-10-25(28)24(19-22)27(34)33-16-14-32(15-17-33)13-12-31(3)4;1-3-4-5(2)6/h5-11,18-20H,1,12-17H2,2-4H3,(H,29,30);4,6H,3H2,1-2H3/b7-6+,11-8+;5-4+. The number of pyridine rings is 1. The Hall–Kier alpha value is -3.39. The predicted molar refractivity (Wildman–Crippen MR) is 169 cm³/mol. The van der Waals surface area contributed by atoms with Crippen molar-refractivity contribution in [1.82, 2.24) is 19.7 Å². The van der Waals surface area contributed by atoms with E-state index < -0.39 is 0 Å². The second kappa shape index (κ2) is 17.3. The lowest BCUT2D eigenvalue weighted by atomic mass is 10.0. The van der Waals surface area contributed by atoms with Gasteiger partial charge in [-0.2, -0.15) is 0 Å². The quantitative estimate of drug-likeness (QED) is 0.251. The molecule has 1 fully saturated rings. The van der Waals surface area contributed by atoms with E-state index in [1.165, 1.54) is 0 Å². The van der Waals surface area contributed by atoms with Crippen LogP contribution in [0.3, 0.4) is 0 Å². The number of hydrogen-bond donors (Lipinski definition) is 2. The highest BCUT2D eigenvalue weighted by atomic mass is 35.5. The summed E-state index contributed by atoms with van der Waals surface area (Å²) in [4.78, 5) is 24.3. The van der Waals surface area contributed by atoms with Crippen molar-refractivity contribution < 1.29 is 9.90 Å². The van der Waals surface area contributed by atoms with Crippen molar-refractivity contribution in [3.8, 4) is 11.1 Å². The molecule has 2 aromatic rings. The van der Waals surface area contributed by atoms with Crippen LogP contribution in [0.25, 0.3) is 11.1 Å². The van der Waals surface area contributed by atoms with Crippen molar-refractivity contribution >= 4 is 23.3 Å². The summed E-state index contributed by atoms with van der Waals surface area (Å²) in [6, 6.07) is 7.67. The van der Waals surface area contributed by atoms with Crippen LogP contribution >= 0.6 is 11.6 Å². The number of nitrogens with zero attached hydrogens (tertiary/aromatic N) is 4. The molecule has 216 valence electrons. The molecule has 1 aliphatic heterocycles. The minimum absolute atomic E-state index is 0.0141. The van der Waals surface area contributed by atoms with Crippen molar-refractivity contribution in [2.45, 2.75) is 27.2 Å². The number of piperazine rings is 1. The number of amides is 1. The Bertz CT molecular complexity index is 1190. The molecule has 7 nitrogen and oxygen atoms in total. The number of benzene rings is 1. The zero-order valence-electron chi connectivity index (χ0n) is 24.5. The van der Waals surface area contributed by atoms with Gasteiger partial charge >= 0.3 is 0 Å². The highest BCUT2D eigenvalue weighted by Gasteiger charge is 2.24. The summed E-state index contributed by atoms with van der Waals surface area (Å²) in [6.07, 6.45) is 13.7. The normalized spacial score (nSPS) is 14.5. The van der Waals surface area contributed by atoms with Gasteiger partial charge in [0.25, 0.3) is 5.91 Å². The number of carbonyl (C=O) groups is 1. The Morgan fingerprint density at radius 2 is 1.88 bits per heavy atom. The third kappa shape index (κ3) is 11.0. The van der Waals surface area contributed by atoms with Crippen LogP contribution in [0.5, 0.6) is 0 Å². The van der Waals surface area contributed by atoms with Gasteiger partial charge in [-0.1, -0.05) is 49.4 Å². The van der Waals surface area contributed by atoms with E-state index in [2.05, 4.69) is 46.8 Å². The van der Waals surface area contributed by atoms with Gasteiger partial charge in [-0.25, -0.2) is 4.98 Å². The monoisotopic (exact) mass is 565 g/mol. The van der Waals surface area contributed by atoms with Crippen molar-refractivity contribution in [2.24, 2.45) is 0 Å². The molecule has 1 aliphatic rings. The van der Waals surface area contributed by atoms with Gasteiger partial charge < -0.3 is 20.2 Å². The van der Waals surface area contributed by atoms with Crippen LogP contribution in [0.1, 0.15) is 36.2 Å². The van der Waals surface area contributed by atoms with E-state index in [4.69, 9.17) is 16.7 Å². The smallest absolute Gasteiger partial charge is 0.255 e. The van der Waals surface area contributed by atoms with E-state index in [1.807, 2.05) is 61.5 Å². The fourth-order valence-corrected chi connectivity index (χ4v) is 4.26. The number of aryl methyl sites for hydroxylation is 1. The zero-order chi connectivity index (χ0) is 29.5. The van der Waals surface area contributed by atoms with Crippen molar-refractivity contribution in [1.29, 1.82) is 0 Å². The Balaban J connectivity index is 0.000000840. The van der Waals surface area contributed by atoms with Crippen molar-refractivity contribution in [3.63, 3.8) is 0 Å². The summed E-state index contributed by atoms with van der Waals surface area (Å²) >= 11 is 6.45. The molecule has 3 rings (SSSR count). The number of nitrogens with one attached hydrogen (secondary N) is 1. The zero-order valence-corrected chi connectivity index (χ0v) is 25.3. The minimum atomic E-state index is -0.0141. The molecule has 0 spiro atoms. The first-order valence-electron chi connectivity index (χ1n) is 13.7. The van der Waals surface area contributed by atoms with E-state index >= 15 is 0 Å². The summed E-state index contributed by atoms with van der Waals surface area (Å²) in [5, 5.41) is 12.1. The minimum Gasteiger partial charge on any atom is -0.513 e. The van der Waals surface area contributed by atoms with Crippen LogP contribution in [0.15, 0.2) is 79.4 Å². The van der Waals surface area contributed by atoms with E-state index in [1.54, 1.807) is 25.1 Å². The van der Waals surface area contributed by atoms with Crippen molar-refractivity contribution in [2.75, 3.05) is 58.7 Å². The van der Waals surface area contributed by atoms with Crippen LogP contribution in [0.4, 0.5) is 5.82 Å². The molecule has 0 bridgehead atoms. The molecule has 1 amide bonds. The maximum Gasteiger partial charge on any atom is 0.255 e. The second-order valence-corrected chi connectivity index (χ2v) is 10.3. The van der Waals surface area contributed by atoms with Gasteiger partial charge in [0.05, 0.1) is 16.3 Å². The third-order valence-corrected chi connectivity index (χ3v) is 6.64. The molecule has 1 aromatic carbocycles. The number of rotatable bonds is 10. The number of hydrogen-bond acceptors (Lipinski definition) is 6. The number of carbonyl (C=O) groups excluding carboxylic acids is 1. The summed E-state index contributed by atoms with van der Waals surface area (Å²) < 4.78 is 0. The summed E-state index contributed by atoms with van der Waals surface area (Å²) in [6.45, 7) is 14.5. The van der Waals surface area contributed by atoms with Gasteiger partial charge in [0.15, 0.2) is 0 Å². The maximum atomic E-state index is 13.3. The van der Waals surface area contributed by atoms with E-state index in [0.717, 1.165) is 55.1 Å². The second-order valence-electron chi connectivity index (χ2n) is 9.90. The van der Waals surface area contributed by atoms with Gasteiger partial charge in [-0.05, 0) is 75.8 Å². The third-order valence-electron chi connectivity index (χ3n) is 6.31. The van der Waals surface area contributed by atoms with E-state index in [-0.39, 0.29) is 5.91 Å². The van der Waals surface area contributed by atoms with Gasteiger partial charge in [-0.3, -0.25) is 9.69 Å². The summed E-state index contributed by atoms with van der Waals surface area (Å²) in [5.41, 5.74) is 3.41. The number of allylic oxidation sites excluding steroid dienone is 6. The highest BCUT2D eigenvalue weighted by Crippen LogP contribution is 2.28. The van der Waals surface area contributed by atoms with Crippen LogP contribution in [0, 0.1) is 6.92 Å². The summed E-state index contributed by atoms with van der Waals surface area (Å²) in [7, 11) is 4.16. The number of aliphatic hydroxyl groups is 1. The fraction of sp³-hybridized carbons (Fsp3) is 0.375. The van der Waals surface area contributed by atoms with Crippen LogP contribution in [-0.4, -0.2) is 84.1 Å². The van der Waals surface area contributed by atoms with E-state index in [0.29, 0.717) is 29.4 Å². The van der Waals surface area contributed by atoms with Gasteiger partial charge in [0.2, 0.25) is 0 Å². The topological polar surface area (TPSA) is 71.9 Å². The fourth-order valence-electron chi connectivity index (χ4n) is 4.06. The van der Waals surface area contributed by atoms with Gasteiger partial charge in [0, 0.05) is 57.2 Å². The van der Waals surface area contributed by atoms with Gasteiger partial charge in [0.1, 0.15) is 5.82 Å². The number of anilines is 1. The Kier molecular flexibility index (Phi) is 14.2. The largest absolute Gasteiger partial charge is 0.513 e. The van der Waals surface area contributed by atoms with Crippen LogP contribution in [0.2, 0.25) is 5.02 Å². The first kappa shape index (κ1) is 32.8. The molecule has 0 atom stereocenters. The van der Waals surface area contributed by atoms with Crippen molar-refractivity contribution in [3.05, 3.63) is 95.5 Å². The molecule has 0 radical (unpaired) electrons. The highest BCUT2D eigenvalue weighted by molar-refractivity contribution is 6.34.